The minimum atomic E-state index is -1.25. The Labute approximate surface area is 115 Å². The Morgan fingerprint density at radius 1 is 1.40 bits per heavy atom. The van der Waals surface area contributed by atoms with Crippen molar-refractivity contribution in [3.8, 4) is 0 Å². The van der Waals surface area contributed by atoms with E-state index in [1.807, 2.05) is 0 Å². The zero-order valence-electron chi connectivity index (χ0n) is 9.19. The molecule has 0 fully saturated rings. The molecule has 0 aliphatic carbocycles. The first-order valence-corrected chi connectivity index (χ1v) is 4.04. The van der Waals surface area contributed by atoms with Gasteiger partial charge >= 0.3 is 6.09 Å². The molecule has 0 saturated heterocycles. The Morgan fingerprint density at radius 3 is 2.07 bits per heavy atom. The zero-order chi connectivity index (χ0) is 11.5. The molecule has 6 heteroatoms. The van der Waals surface area contributed by atoms with E-state index in [4.69, 9.17) is 9.84 Å². The summed E-state index contributed by atoms with van der Waals surface area (Å²) in [4.78, 5) is 22.4. The van der Waals surface area contributed by atoms with Crippen LogP contribution in [0.15, 0.2) is 0 Å². The number of rotatable bonds is 2. The first kappa shape index (κ1) is 17.2. The maximum atomic E-state index is 11.2. The van der Waals surface area contributed by atoms with Gasteiger partial charge in [-0.2, -0.15) is 0 Å². The van der Waals surface area contributed by atoms with Crippen LogP contribution in [0.1, 0.15) is 20.8 Å². The molecule has 1 amide bonds. The van der Waals surface area contributed by atoms with Gasteiger partial charge in [-0.1, -0.05) is 0 Å². The summed E-state index contributed by atoms with van der Waals surface area (Å²) in [7, 11) is 3.26. The van der Waals surface area contributed by atoms with Crippen molar-refractivity contribution in [2.75, 3.05) is 0 Å². The molecule has 0 aromatic carbocycles. The van der Waals surface area contributed by atoms with Crippen molar-refractivity contribution in [1.82, 2.24) is 4.90 Å². The molecular formula is C9H15NO4Y-2. The number of aliphatic carboxylic acids is 1. The van der Waals surface area contributed by atoms with E-state index >= 15 is 0 Å². The molecule has 1 unspecified atom stereocenters. The Kier molecular flexibility index (Phi) is 7.39. The monoisotopic (exact) mass is 290 g/mol. The summed E-state index contributed by atoms with van der Waals surface area (Å²) in [6, 6.07) is -1.25. The molecular weight excluding hydrogens is 275 g/mol. The molecule has 0 spiro atoms. The van der Waals surface area contributed by atoms with Gasteiger partial charge in [0.1, 0.15) is 5.60 Å². The van der Waals surface area contributed by atoms with Crippen LogP contribution in [0.4, 0.5) is 4.79 Å². The molecule has 5 nitrogen and oxygen atoms in total. The van der Waals surface area contributed by atoms with E-state index in [0.29, 0.717) is 4.90 Å². The van der Waals surface area contributed by atoms with Crippen molar-refractivity contribution in [3.05, 3.63) is 14.0 Å². The summed E-state index contributed by atoms with van der Waals surface area (Å²) in [6.07, 6.45) is -0.806. The number of carboxylic acid groups (broad SMARTS) is 1. The second-order valence-electron chi connectivity index (χ2n) is 3.80. The average molecular weight is 290 g/mol. The Hall–Kier alpha value is -0.156. The molecule has 0 aromatic heterocycles. The number of carbonyl (C=O) groups excluding carboxylic acids is 1. The van der Waals surface area contributed by atoms with Crippen LogP contribution in [0.2, 0.25) is 0 Å². The molecule has 85 valence electrons. The first-order chi connectivity index (χ1) is 6.15. The van der Waals surface area contributed by atoms with Crippen molar-refractivity contribution in [1.29, 1.82) is 0 Å². The van der Waals surface area contributed by atoms with Crippen LogP contribution in [0.3, 0.4) is 0 Å². The van der Waals surface area contributed by atoms with Crippen LogP contribution < -0.4 is 0 Å². The molecule has 0 bridgehead atoms. The van der Waals surface area contributed by atoms with Gasteiger partial charge in [0, 0.05) is 32.7 Å². The molecule has 1 N–H and O–H groups in total. The van der Waals surface area contributed by atoms with Crippen LogP contribution in [0.5, 0.6) is 0 Å². The predicted molar refractivity (Wildman–Crippen MR) is 50.2 cm³/mol. The number of carboxylic acids is 1. The predicted octanol–water partition coefficient (Wildman–Crippen LogP) is 1.30. The minimum absolute atomic E-state index is 0. The number of carbonyl (C=O) groups is 2. The van der Waals surface area contributed by atoms with Crippen molar-refractivity contribution in [2.24, 2.45) is 0 Å². The van der Waals surface area contributed by atoms with E-state index < -0.39 is 23.7 Å². The quantitative estimate of drug-likeness (QED) is 0.778. The molecule has 0 saturated carbocycles. The second-order valence-corrected chi connectivity index (χ2v) is 3.80. The molecule has 0 aliphatic heterocycles. The smallest absolute Gasteiger partial charge is 0.378 e. The third-order valence-electron chi connectivity index (χ3n) is 1.29. The van der Waals surface area contributed by atoms with Gasteiger partial charge in [0.15, 0.2) is 0 Å². The Bertz CT molecular complexity index is 237. The number of nitrogens with zero attached hydrogens (tertiary/aromatic N) is 1. The number of amides is 1. The van der Waals surface area contributed by atoms with Gasteiger partial charge in [0.2, 0.25) is 0 Å². The molecule has 0 heterocycles. The maximum Gasteiger partial charge on any atom is 0.378 e. The number of hydrogen-bond acceptors (Lipinski definition) is 3. The van der Waals surface area contributed by atoms with E-state index in [2.05, 4.69) is 14.0 Å². The normalized spacial score (nSPS) is 12.3. The summed E-state index contributed by atoms with van der Waals surface area (Å²) >= 11 is 0. The van der Waals surface area contributed by atoms with Gasteiger partial charge in [-0.05, 0) is 26.8 Å². The summed E-state index contributed by atoms with van der Waals surface area (Å²) < 4.78 is 4.89. The standard InChI is InChI=1S/C9H15NO4.Y/c1-6(7(11)12)10(5)8(13)14-9(2,3)4;/h6H,1,5H2,2-4H3,(H,11,12);/q-2;. The van der Waals surface area contributed by atoms with Gasteiger partial charge < -0.3 is 21.7 Å². The third-order valence-corrected chi connectivity index (χ3v) is 1.29. The molecule has 0 aromatic rings. The van der Waals surface area contributed by atoms with Gasteiger partial charge in [-0.3, -0.25) is 11.8 Å². The van der Waals surface area contributed by atoms with Crippen LogP contribution in [-0.2, 0) is 42.2 Å². The maximum absolute atomic E-state index is 11.2. The zero-order valence-corrected chi connectivity index (χ0v) is 12.0. The van der Waals surface area contributed by atoms with Crippen molar-refractivity contribution in [3.63, 3.8) is 0 Å². The summed E-state index contributed by atoms with van der Waals surface area (Å²) in [5.74, 6) is -1.23. The molecule has 1 radical (unpaired) electrons. The van der Waals surface area contributed by atoms with E-state index in [9.17, 15) is 9.59 Å². The average Bonchev–Trinajstić information content (AvgIpc) is 1.98. The summed E-state index contributed by atoms with van der Waals surface area (Å²) in [6.45, 7) is 8.29. The van der Waals surface area contributed by atoms with E-state index in [1.54, 1.807) is 20.8 Å². The topological polar surface area (TPSA) is 66.8 Å². The largest absolute Gasteiger partial charge is 0.482 e. The van der Waals surface area contributed by atoms with E-state index in [0.717, 1.165) is 0 Å². The number of hydrogen-bond donors (Lipinski definition) is 1. The third kappa shape index (κ3) is 6.84. The van der Waals surface area contributed by atoms with Gasteiger partial charge in [0.05, 0.1) is 0 Å². The molecule has 15 heavy (non-hydrogen) atoms. The first-order valence-electron chi connectivity index (χ1n) is 4.04. The van der Waals surface area contributed by atoms with Gasteiger partial charge in [0.25, 0.3) is 5.97 Å². The fourth-order valence-electron chi connectivity index (χ4n) is 0.581. The Morgan fingerprint density at radius 2 is 1.80 bits per heavy atom. The second kappa shape index (κ2) is 6.43. The van der Waals surface area contributed by atoms with Gasteiger partial charge in [-0.15, -0.1) is 0 Å². The van der Waals surface area contributed by atoms with E-state index in [-0.39, 0.29) is 32.7 Å². The van der Waals surface area contributed by atoms with E-state index in [1.165, 1.54) is 0 Å². The molecule has 1 atom stereocenters. The molecule has 0 rings (SSSR count). The Balaban J connectivity index is 0. The fraction of sp³-hybridized carbons (Fsp3) is 0.556. The fourth-order valence-corrected chi connectivity index (χ4v) is 0.581. The summed E-state index contributed by atoms with van der Waals surface area (Å²) in [5, 5.41) is 8.55. The van der Waals surface area contributed by atoms with Crippen molar-refractivity contribution < 1.29 is 52.1 Å². The van der Waals surface area contributed by atoms with Crippen LogP contribution in [0, 0.1) is 14.0 Å². The van der Waals surface area contributed by atoms with Crippen LogP contribution >= 0.6 is 0 Å². The van der Waals surface area contributed by atoms with Crippen LogP contribution in [0.25, 0.3) is 0 Å². The van der Waals surface area contributed by atoms with Gasteiger partial charge in [-0.25, -0.2) is 4.79 Å². The van der Waals surface area contributed by atoms with Crippen molar-refractivity contribution in [2.45, 2.75) is 32.4 Å². The number of ether oxygens (including phenoxy) is 1. The molecule has 0 aliphatic rings. The van der Waals surface area contributed by atoms with Crippen LogP contribution in [-0.4, -0.2) is 33.7 Å². The SMILES string of the molecule is [CH2-]C(C(=O)O)N([CH2-])C(=O)OC(C)(C)C.[Y]. The van der Waals surface area contributed by atoms with Crippen molar-refractivity contribution >= 4 is 12.1 Å². The minimum Gasteiger partial charge on any atom is -0.482 e. The summed E-state index contributed by atoms with van der Waals surface area (Å²) in [5.41, 5.74) is -0.675.